The van der Waals surface area contributed by atoms with Crippen LogP contribution in [0, 0.1) is 11.3 Å². The van der Waals surface area contributed by atoms with Crippen LogP contribution in [0.1, 0.15) is 11.1 Å². The van der Waals surface area contributed by atoms with Crippen molar-refractivity contribution in [3.8, 4) is 17.2 Å². The summed E-state index contributed by atoms with van der Waals surface area (Å²) in [6.07, 6.45) is 1.46. The molecule has 2 heterocycles. The summed E-state index contributed by atoms with van der Waals surface area (Å²) in [6, 6.07) is 21.3. The normalized spacial score (nSPS) is 15.4. The van der Waals surface area contributed by atoms with Gasteiger partial charge in [-0.25, -0.2) is 13.4 Å². The Balaban J connectivity index is 1.39. The Bertz CT molecular complexity index is 1210. The van der Waals surface area contributed by atoms with Crippen molar-refractivity contribution in [2.45, 2.75) is 15.7 Å². The van der Waals surface area contributed by atoms with Gasteiger partial charge < -0.3 is 4.90 Å². The fourth-order valence-electron chi connectivity index (χ4n) is 3.55. The SMILES string of the molecule is CN1CCN(S(=O)(=O)c2ccc(SCc3ccc(-c4ccccc4C#N)cc3)nc2)CC1. The minimum atomic E-state index is -3.49. The maximum Gasteiger partial charge on any atom is 0.244 e. The van der Waals surface area contributed by atoms with Crippen LogP contribution in [0.3, 0.4) is 0 Å². The lowest BCUT2D eigenvalue weighted by Gasteiger charge is -2.31. The first-order chi connectivity index (χ1) is 15.5. The van der Waals surface area contributed by atoms with Gasteiger partial charge in [0.25, 0.3) is 0 Å². The molecule has 0 amide bonds. The Morgan fingerprint density at radius 2 is 1.72 bits per heavy atom. The zero-order chi connectivity index (χ0) is 22.6. The number of benzene rings is 2. The zero-order valence-corrected chi connectivity index (χ0v) is 19.4. The Hall–Kier alpha value is -2.70. The van der Waals surface area contributed by atoms with E-state index in [1.165, 1.54) is 10.5 Å². The summed E-state index contributed by atoms with van der Waals surface area (Å²) in [5.74, 6) is 0.720. The molecule has 8 heteroatoms. The van der Waals surface area contributed by atoms with Crippen molar-refractivity contribution in [1.82, 2.24) is 14.2 Å². The molecule has 0 spiro atoms. The van der Waals surface area contributed by atoms with Gasteiger partial charge in [-0.2, -0.15) is 9.57 Å². The number of nitriles is 1. The molecule has 32 heavy (non-hydrogen) atoms. The first-order valence-corrected chi connectivity index (χ1v) is 12.8. The Morgan fingerprint density at radius 1 is 1.00 bits per heavy atom. The van der Waals surface area contributed by atoms with Gasteiger partial charge in [0.05, 0.1) is 16.7 Å². The average Bonchev–Trinajstić information content (AvgIpc) is 2.83. The number of rotatable bonds is 6. The summed E-state index contributed by atoms with van der Waals surface area (Å²) in [4.78, 5) is 6.73. The first kappa shape index (κ1) is 22.5. The molecule has 1 saturated heterocycles. The number of aromatic nitrogens is 1. The molecule has 0 N–H and O–H groups in total. The van der Waals surface area contributed by atoms with Crippen LogP contribution in [0.25, 0.3) is 11.1 Å². The van der Waals surface area contributed by atoms with Gasteiger partial charge in [0.15, 0.2) is 0 Å². The zero-order valence-electron chi connectivity index (χ0n) is 17.8. The molecule has 1 aliphatic rings. The number of hydrogen-bond acceptors (Lipinski definition) is 6. The maximum atomic E-state index is 12.8. The van der Waals surface area contributed by atoms with Crippen molar-refractivity contribution in [2.24, 2.45) is 0 Å². The van der Waals surface area contributed by atoms with Crippen LogP contribution in [-0.4, -0.2) is 55.8 Å². The molecular formula is C24H24N4O2S2. The van der Waals surface area contributed by atoms with Gasteiger partial charge in [0.1, 0.15) is 4.90 Å². The Labute approximate surface area is 193 Å². The first-order valence-electron chi connectivity index (χ1n) is 10.3. The van der Waals surface area contributed by atoms with Crippen LogP contribution in [0.15, 0.2) is 76.8 Å². The van der Waals surface area contributed by atoms with Crippen molar-refractivity contribution >= 4 is 21.8 Å². The average molecular weight is 465 g/mol. The molecule has 1 aliphatic heterocycles. The van der Waals surface area contributed by atoms with Crippen LogP contribution in [-0.2, 0) is 15.8 Å². The highest BCUT2D eigenvalue weighted by Crippen LogP contribution is 2.27. The number of pyridine rings is 1. The molecule has 0 aliphatic carbocycles. The number of sulfonamides is 1. The van der Waals surface area contributed by atoms with E-state index in [0.29, 0.717) is 18.7 Å². The molecule has 164 valence electrons. The summed E-state index contributed by atoms with van der Waals surface area (Å²) in [5.41, 5.74) is 3.72. The van der Waals surface area contributed by atoms with Crippen LogP contribution in [0.4, 0.5) is 0 Å². The van der Waals surface area contributed by atoms with Gasteiger partial charge in [0.2, 0.25) is 10.0 Å². The summed E-state index contributed by atoms with van der Waals surface area (Å²) in [6.45, 7) is 2.48. The van der Waals surface area contributed by atoms with Gasteiger partial charge in [-0.05, 0) is 41.9 Å². The monoisotopic (exact) mass is 464 g/mol. The maximum absolute atomic E-state index is 12.8. The van der Waals surface area contributed by atoms with Gasteiger partial charge in [-0.3, -0.25) is 0 Å². The molecule has 3 aromatic rings. The molecule has 1 aromatic heterocycles. The summed E-state index contributed by atoms with van der Waals surface area (Å²) in [7, 11) is -1.50. The standard InChI is InChI=1S/C24H24N4O2S2/c1-27-12-14-28(15-13-27)32(29,30)22-10-11-24(26-17-22)31-18-19-6-8-20(9-7-19)23-5-3-2-4-21(23)16-25/h2-11,17H,12-15,18H2,1H3. The largest absolute Gasteiger partial charge is 0.304 e. The fraction of sp³-hybridized carbons (Fsp3) is 0.250. The van der Waals surface area contributed by atoms with Crippen LogP contribution >= 0.6 is 11.8 Å². The van der Waals surface area contributed by atoms with E-state index >= 15 is 0 Å². The van der Waals surface area contributed by atoms with Crippen molar-refractivity contribution in [1.29, 1.82) is 5.26 Å². The van der Waals surface area contributed by atoms with Crippen LogP contribution < -0.4 is 0 Å². The summed E-state index contributed by atoms with van der Waals surface area (Å²) < 4.78 is 27.2. The molecule has 2 aromatic carbocycles. The van der Waals surface area contributed by atoms with Crippen molar-refractivity contribution in [2.75, 3.05) is 33.2 Å². The fourth-order valence-corrected chi connectivity index (χ4v) is 5.72. The molecular weight excluding hydrogens is 440 g/mol. The second-order valence-corrected chi connectivity index (χ2v) is 10.6. The summed E-state index contributed by atoms with van der Waals surface area (Å²) >= 11 is 1.56. The third kappa shape index (κ3) is 5.03. The third-order valence-electron chi connectivity index (χ3n) is 5.51. The van der Waals surface area contributed by atoms with E-state index in [4.69, 9.17) is 0 Å². The Morgan fingerprint density at radius 3 is 2.38 bits per heavy atom. The quantitative estimate of drug-likeness (QED) is 0.516. The van der Waals surface area contributed by atoms with Gasteiger partial charge in [0, 0.05) is 38.1 Å². The molecule has 0 unspecified atom stereocenters. The number of nitrogens with zero attached hydrogens (tertiary/aromatic N) is 4. The molecule has 4 rings (SSSR count). The van der Waals surface area contributed by atoms with Gasteiger partial charge in [-0.15, -0.1) is 11.8 Å². The topological polar surface area (TPSA) is 77.3 Å². The van der Waals surface area contributed by atoms with Crippen molar-refractivity contribution in [3.05, 3.63) is 78.0 Å². The molecule has 0 atom stereocenters. The van der Waals surface area contributed by atoms with E-state index < -0.39 is 10.0 Å². The molecule has 0 bridgehead atoms. The second-order valence-electron chi connectivity index (χ2n) is 7.68. The van der Waals surface area contributed by atoms with E-state index in [1.807, 2.05) is 55.6 Å². The van der Waals surface area contributed by atoms with E-state index in [2.05, 4.69) is 16.0 Å². The second kappa shape index (κ2) is 9.84. The highest BCUT2D eigenvalue weighted by atomic mass is 32.2. The molecule has 6 nitrogen and oxygen atoms in total. The molecule has 1 fully saturated rings. The van der Waals surface area contributed by atoms with E-state index in [1.54, 1.807) is 23.9 Å². The molecule has 0 radical (unpaired) electrons. The highest BCUT2D eigenvalue weighted by Gasteiger charge is 2.27. The highest BCUT2D eigenvalue weighted by molar-refractivity contribution is 7.98. The number of piperazine rings is 1. The lowest BCUT2D eigenvalue weighted by molar-refractivity contribution is 0.222. The van der Waals surface area contributed by atoms with Crippen LogP contribution in [0.5, 0.6) is 0 Å². The van der Waals surface area contributed by atoms with Crippen molar-refractivity contribution in [3.63, 3.8) is 0 Å². The minimum Gasteiger partial charge on any atom is -0.304 e. The smallest absolute Gasteiger partial charge is 0.244 e. The predicted molar refractivity (Wildman–Crippen MR) is 127 cm³/mol. The van der Waals surface area contributed by atoms with Crippen LogP contribution in [0.2, 0.25) is 0 Å². The lowest BCUT2D eigenvalue weighted by atomic mass is 10.00. The van der Waals surface area contributed by atoms with E-state index in [0.717, 1.165) is 40.6 Å². The van der Waals surface area contributed by atoms with E-state index in [9.17, 15) is 13.7 Å². The number of thioether (sulfide) groups is 1. The number of hydrogen-bond donors (Lipinski definition) is 0. The van der Waals surface area contributed by atoms with Gasteiger partial charge in [-0.1, -0.05) is 42.5 Å². The van der Waals surface area contributed by atoms with E-state index in [-0.39, 0.29) is 4.90 Å². The Kier molecular flexibility index (Phi) is 6.92. The lowest BCUT2D eigenvalue weighted by Crippen LogP contribution is -2.47. The third-order valence-corrected chi connectivity index (χ3v) is 8.41. The van der Waals surface area contributed by atoms with Gasteiger partial charge >= 0.3 is 0 Å². The number of likely N-dealkylation sites (N-methyl/N-ethyl adjacent to an activating group) is 1. The van der Waals surface area contributed by atoms with Crippen molar-refractivity contribution < 1.29 is 8.42 Å². The minimum absolute atomic E-state index is 0.243. The summed E-state index contributed by atoms with van der Waals surface area (Å²) in [5, 5.41) is 10.1. The molecule has 0 saturated carbocycles. The predicted octanol–water partition coefficient (Wildman–Crippen LogP) is 3.85.